The number of rotatable bonds is 5. The van der Waals surface area contributed by atoms with Gasteiger partial charge in [-0.25, -0.2) is 8.42 Å². The molecule has 2 rings (SSSR count). The largest absolute Gasteiger partial charge is 0.384 e. The molecule has 0 amide bonds. The molecule has 2 aromatic rings. The van der Waals surface area contributed by atoms with Crippen molar-refractivity contribution in [2.24, 2.45) is 0 Å². The fourth-order valence-electron chi connectivity index (χ4n) is 2.22. The Morgan fingerprint density at radius 1 is 1.05 bits per heavy atom. The van der Waals surface area contributed by atoms with E-state index in [2.05, 4.69) is 0 Å². The summed E-state index contributed by atoms with van der Waals surface area (Å²) in [6.45, 7) is 1.45. The van der Waals surface area contributed by atoms with Crippen molar-refractivity contribution in [2.45, 2.75) is 18.3 Å². The van der Waals surface area contributed by atoms with Crippen molar-refractivity contribution in [3.63, 3.8) is 0 Å². The van der Waals surface area contributed by atoms with Gasteiger partial charge in [0.05, 0.1) is 21.6 Å². The molecule has 0 saturated carbocycles. The molecule has 0 bridgehead atoms. The lowest BCUT2D eigenvalue weighted by Gasteiger charge is -2.24. The normalized spacial score (nSPS) is 14.5. The number of hydrogen-bond acceptors (Lipinski definition) is 3. The van der Waals surface area contributed by atoms with Crippen LogP contribution in [-0.4, -0.2) is 19.3 Å². The van der Waals surface area contributed by atoms with Crippen LogP contribution in [0.5, 0.6) is 0 Å². The number of sulfone groups is 1. The minimum atomic E-state index is -3.49. The number of benzene rings is 2. The highest BCUT2D eigenvalue weighted by Crippen LogP contribution is 2.30. The molecule has 6 heteroatoms. The maximum atomic E-state index is 12.3. The molecule has 0 spiro atoms. The molecule has 0 aliphatic carbocycles. The maximum Gasteiger partial charge on any atom is 0.157 e. The molecular weight excluding hydrogens is 343 g/mol. The Morgan fingerprint density at radius 3 is 2.27 bits per heavy atom. The molecule has 1 atom stereocenters. The first-order chi connectivity index (χ1) is 10.2. The van der Waals surface area contributed by atoms with E-state index in [1.165, 1.54) is 19.1 Å². The lowest BCUT2D eigenvalue weighted by Crippen LogP contribution is -2.32. The van der Waals surface area contributed by atoms with Crippen LogP contribution in [0.2, 0.25) is 10.0 Å². The van der Waals surface area contributed by atoms with Gasteiger partial charge in [0.2, 0.25) is 0 Å². The fraction of sp³-hybridized carbons (Fsp3) is 0.250. The van der Waals surface area contributed by atoms with Gasteiger partial charge in [-0.15, -0.1) is 0 Å². The third kappa shape index (κ3) is 4.46. The van der Waals surface area contributed by atoms with Crippen molar-refractivity contribution in [1.82, 2.24) is 0 Å². The summed E-state index contributed by atoms with van der Waals surface area (Å²) >= 11 is 11.8. The van der Waals surface area contributed by atoms with Crippen LogP contribution in [-0.2, 0) is 21.2 Å². The monoisotopic (exact) mass is 358 g/mol. The molecule has 22 heavy (non-hydrogen) atoms. The van der Waals surface area contributed by atoms with Crippen LogP contribution in [0.15, 0.2) is 48.5 Å². The Hall–Kier alpha value is -1.07. The quantitative estimate of drug-likeness (QED) is 0.883. The molecule has 0 saturated heterocycles. The topological polar surface area (TPSA) is 54.4 Å². The second-order valence-electron chi connectivity index (χ2n) is 5.42. The molecule has 0 heterocycles. The van der Waals surface area contributed by atoms with E-state index in [0.717, 1.165) is 0 Å². The Labute approximate surface area is 140 Å². The van der Waals surface area contributed by atoms with Gasteiger partial charge in [-0.1, -0.05) is 59.6 Å². The van der Waals surface area contributed by atoms with Crippen LogP contribution < -0.4 is 0 Å². The molecule has 0 radical (unpaired) electrons. The fourth-order valence-corrected chi connectivity index (χ4v) is 4.35. The van der Waals surface area contributed by atoms with Crippen molar-refractivity contribution in [1.29, 1.82) is 0 Å². The van der Waals surface area contributed by atoms with Crippen molar-refractivity contribution < 1.29 is 13.5 Å². The van der Waals surface area contributed by atoms with Gasteiger partial charge in [0.25, 0.3) is 0 Å². The van der Waals surface area contributed by atoms with Crippen LogP contribution in [0.1, 0.15) is 18.1 Å². The molecular formula is C16H16Cl2O3S. The van der Waals surface area contributed by atoms with E-state index >= 15 is 0 Å². The third-order valence-electron chi connectivity index (χ3n) is 3.27. The van der Waals surface area contributed by atoms with Gasteiger partial charge in [-0.3, -0.25) is 0 Å². The molecule has 0 aliphatic rings. The van der Waals surface area contributed by atoms with Crippen molar-refractivity contribution in [2.75, 3.05) is 5.75 Å². The van der Waals surface area contributed by atoms with E-state index in [-0.39, 0.29) is 10.8 Å². The van der Waals surface area contributed by atoms with E-state index in [1.54, 1.807) is 30.3 Å². The van der Waals surface area contributed by atoms with E-state index in [9.17, 15) is 13.5 Å². The lowest BCUT2D eigenvalue weighted by atomic mass is 9.98. The predicted octanol–water partition coefficient (Wildman–Crippen LogP) is 3.82. The number of hydrogen-bond donors (Lipinski definition) is 1. The second-order valence-corrected chi connectivity index (χ2v) is 8.30. The molecule has 0 aliphatic heterocycles. The summed E-state index contributed by atoms with van der Waals surface area (Å²) in [5.41, 5.74) is -0.437. The van der Waals surface area contributed by atoms with Gasteiger partial charge in [0.15, 0.2) is 9.84 Å². The van der Waals surface area contributed by atoms with Gasteiger partial charge in [-0.2, -0.15) is 0 Å². The highest BCUT2D eigenvalue weighted by molar-refractivity contribution is 7.90. The van der Waals surface area contributed by atoms with Gasteiger partial charge >= 0.3 is 0 Å². The van der Waals surface area contributed by atoms with E-state index < -0.39 is 21.2 Å². The first kappa shape index (κ1) is 17.3. The van der Waals surface area contributed by atoms with E-state index in [4.69, 9.17) is 23.2 Å². The van der Waals surface area contributed by atoms with Crippen LogP contribution in [0, 0.1) is 0 Å². The highest BCUT2D eigenvalue weighted by atomic mass is 35.5. The zero-order chi connectivity index (χ0) is 16.4. The summed E-state index contributed by atoms with van der Waals surface area (Å²) < 4.78 is 24.6. The van der Waals surface area contributed by atoms with Crippen LogP contribution in [0.4, 0.5) is 0 Å². The summed E-state index contributed by atoms with van der Waals surface area (Å²) in [6, 6.07) is 13.5. The summed E-state index contributed by atoms with van der Waals surface area (Å²) in [5.74, 6) is -0.516. The van der Waals surface area contributed by atoms with Crippen molar-refractivity contribution in [3.05, 3.63) is 69.7 Å². The van der Waals surface area contributed by atoms with E-state index in [0.29, 0.717) is 16.1 Å². The second kappa shape index (κ2) is 6.59. The standard InChI is InChI=1S/C16H16Cl2O3S/c1-16(19,13-7-8-14(17)15(18)9-13)11-22(20,21)10-12-5-3-2-4-6-12/h2-9,19H,10-11H2,1H3. The zero-order valence-electron chi connectivity index (χ0n) is 12.0. The van der Waals surface area contributed by atoms with Gasteiger partial charge in [0, 0.05) is 0 Å². The summed E-state index contributed by atoms with van der Waals surface area (Å²) in [4.78, 5) is 0. The predicted molar refractivity (Wildman–Crippen MR) is 90.0 cm³/mol. The zero-order valence-corrected chi connectivity index (χ0v) is 14.3. The number of aliphatic hydroxyl groups is 1. The Morgan fingerprint density at radius 2 is 1.68 bits per heavy atom. The molecule has 1 unspecified atom stereocenters. The first-order valence-corrected chi connectivity index (χ1v) is 9.20. The first-order valence-electron chi connectivity index (χ1n) is 6.62. The Kier molecular flexibility index (Phi) is 5.17. The van der Waals surface area contributed by atoms with Gasteiger partial charge in [-0.05, 0) is 30.2 Å². The number of halogens is 2. The van der Waals surface area contributed by atoms with E-state index in [1.807, 2.05) is 6.07 Å². The highest BCUT2D eigenvalue weighted by Gasteiger charge is 2.30. The lowest BCUT2D eigenvalue weighted by molar-refractivity contribution is 0.0819. The average Bonchev–Trinajstić information content (AvgIpc) is 2.41. The molecule has 2 aromatic carbocycles. The summed E-state index contributed by atoms with van der Waals surface area (Å²) in [6.07, 6.45) is 0. The Bertz CT molecular complexity index is 756. The molecule has 1 N–H and O–H groups in total. The average molecular weight is 359 g/mol. The minimum Gasteiger partial charge on any atom is -0.384 e. The smallest absolute Gasteiger partial charge is 0.157 e. The molecule has 3 nitrogen and oxygen atoms in total. The van der Waals surface area contributed by atoms with Gasteiger partial charge < -0.3 is 5.11 Å². The third-order valence-corrected chi connectivity index (χ3v) is 5.79. The molecule has 118 valence electrons. The molecule has 0 aromatic heterocycles. The Balaban J connectivity index is 2.21. The van der Waals surface area contributed by atoms with Crippen molar-refractivity contribution in [3.8, 4) is 0 Å². The maximum absolute atomic E-state index is 12.3. The summed E-state index contributed by atoms with van der Waals surface area (Å²) in [5, 5.41) is 11.2. The SMILES string of the molecule is CC(O)(CS(=O)(=O)Cc1ccccc1)c1ccc(Cl)c(Cl)c1. The van der Waals surface area contributed by atoms with Crippen molar-refractivity contribution >= 4 is 33.0 Å². The van der Waals surface area contributed by atoms with Crippen LogP contribution >= 0.6 is 23.2 Å². The van der Waals surface area contributed by atoms with Crippen LogP contribution in [0.3, 0.4) is 0 Å². The van der Waals surface area contributed by atoms with Crippen LogP contribution in [0.25, 0.3) is 0 Å². The molecule has 0 fully saturated rings. The van der Waals surface area contributed by atoms with Gasteiger partial charge in [0.1, 0.15) is 5.60 Å². The summed E-state index contributed by atoms with van der Waals surface area (Å²) in [7, 11) is -3.49. The minimum absolute atomic E-state index is 0.120.